The second-order valence-electron chi connectivity index (χ2n) is 7.08. The van der Waals surface area contributed by atoms with Gasteiger partial charge in [-0.25, -0.2) is 10.0 Å². The molecule has 1 aliphatic heterocycles. The molecule has 10 heteroatoms. The van der Waals surface area contributed by atoms with Crippen LogP contribution < -0.4 is 0 Å². The number of amides is 1. The van der Waals surface area contributed by atoms with E-state index >= 15 is 0 Å². The molecule has 30 heavy (non-hydrogen) atoms. The van der Waals surface area contributed by atoms with Gasteiger partial charge in [0.25, 0.3) is 5.91 Å². The third kappa shape index (κ3) is 3.97. The number of rotatable bonds is 3. The lowest BCUT2D eigenvalue weighted by atomic mass is 10.2. The van der Waals surface area contributed by atoms with E-state index in [0.717, 1.165) is 12.1 Å². The van der Waals surface area contributed by atoms with Crippen LogP contribution in [0.1, 0.15) is 24.8 Å². The zero-order valence-electron chi connectivity index (χ0n) is 15.6. The van der Waals surface area contributed by atoms with E-state index in [0.29, 0.717) is 46.1 Å². The van der Waals surface area contributed by atoms with Crippen LogP contribution in [-0.2, 0) is 21.8 Å². The summed E-state index contributed by atoms with van der Waals surface area (Å²) in [6.07, 6.45) is -2.67. The highest BCUT2D eigenvalue weighted by Gasteiger charge is 2.32. The largest absolute Gasteiger partial charge is 0.416 e. The number of imidazole rings is 1. The van der Waals surface area contributed by atoms with Gasteiger partial charge in [0, 0.05) is 17.0 Å². The van der Waals surface area contributed by atoms with Crippen molar-refractivity contribution in [2.24, 2.45) is 0 Å². The van der Waals surface area contributed by atoms with Crippen molar-refractivity contribution < 1.29 is 27.4 Å². The molecule has 2 atom stereocenters. The summed E-state index contributed by atoms with van der Waals surface area (Å²) in [5, 5.41) is 9.54. The van der Waals surface area contributed by atoms with E-state index in [2.05, 4.69) is 9.97 Å². The zero-order chi connectivity index (χ0) is 21.5. The van der Waals surface area contributed by atoms with Crippen LogP contribution in [0.15, 0.2) is 47.4 Å². The van der Waals surface area contributed by atoms with Crippen molar-refractivity contribution in [3.05, 3.63) is 48.0 Å². The lowest BCUT2D eigenvalue weighted by Gasteiger charge is -2.17. The van der Waals surface area contributed by atoms with Gasteiger partial charge in [-0.05, 0) is 49.6 Å². The number of benzene rings is 2. The minimum absolute atomic E-state index is 0.230. The number of carbonyl (C=O) groups excluding carboxylic acids is 1. The van der Waals surface area contributed by atoms with E-state index in [1.165, 1.54) is 6.07 Å². The van der Waals surface area contributed by atoms with Crippen LogP contribution in [0.5, 0.6) is 0 Å². The highest BCUT2D eigenvalue weighted by atomic mass is 32.2. The van der Waals surface area contributed by atoms with Crippen LogP contribution in [0.3, 0.4) is 0 Å². The lowest BCUT2D eigenvalue weighted by molar-refractivity contribution is -0.163. The van der Waals surface area contributed by atoms with Crippen LogP contribution in [-0.4, -0.2) is 42.1 Å². The van der Waals surface area contributed by atoms with Crippen LogP contribution in [0.4, 0.5) is 13.2 Å². The molecule has 3 aromatic rings. The Hall–Kier alpha value is -2.72. The summed E-state index contributed by atoms with van der Waals surface area (Å²) >= 11 is 0. The SMILES string of the molecule is O=C1C(S(=O)c2ccc(-c3nc4ccc(C(F)(F)F)cc4[nH]3)cc2)CCCCN1O. The number of H-pyrrole nitrogens is 1. The summed E-state index contributed by atoms with van der Waals surface area (Å²) < 4.78 is 51.5. The molecule has 0 radical (unpaired) electrons. The lowest BCUT2D eigenvalue weighted by Crippen LogP contribution is -2.37. The molecule has 0 saturated carbocycles. The second kappa shape index (κ2) is 7.84. The quantitative estimate of drug-likeness (QED) is 0.604. The predicted octanol–water partition coefficient (Wildman–Crippen LogP) is 4.13. The number of carbonyl (C=O) groups is 1. The molecule has 1 amide bonds. The molecular formula is C20H18F3N3O3S. The fraction of sp³-hybridized carbons (Fsp3) is 0.300. The summed E-state index contributed by atoms with van der Waals surface area (Å²) in [6, 6.07) is 9.78. The predicted molar refractivity (Wildman–Crippen MR) is 104 cm³/mol. The van der Waals surface area contributed by atoms with Gasteiger partial charge in [0.2, 0.25) is 0 Å². The van der Waals surface area contributed by atoms with E-state index in [1.807, 2.05) is 0 Å². The first-order valence-corrected chi connectivity index (χ1v) is 10.5. The molecule has 0 bridgehead atoms. The van der Waals surface area contributed by atoms with Crippen molar-refractivity contribution in [3.8, 4) is 11.4 Å². The molecule has 2 unspecified atom stereocenters. The van der Waals surface area contributed by atoms with E-state index < -0.39 is 33.7 Å². The third-order valence-corrected chi connectivity index (χ3v) is 6.73. The van der Waals surface area contributed by atoms with E-state index in [-0.39, 0.29) is 12.1 Å². The highest BCUT2D eigenvalue weighted by molar-refractivity contribution is 7.86. The maximum absolute atomic E-state index is 12.9. The van der Waals surface area contributed by atoms with Gasteiger partial charge >= 0.3 is 6.18 Å². The van der Waals surface area contributed by atoms with Gasteiger partial charge in [0.1, 0.15) is 11.1 Å². The van der Waals surface area contributed by atoms with E-state index in [4.69, 9.17) is 0 Å². The Bertz CT molecular complexity index is 1110. The Labute approximate surface area is 172 Å². The molecule has 1 fully saturated rings. The van der Waals surface area contributed by atoms with Gasteiger partial charge in [0.05, 0.1) is 27.4 Å². The number of fused-ring (bicyclic) bond motifs is 1. The fourth-order valence-corrected chi connectivity index (χ4v) is 4.84. The van der Waals surface area contributed by atoms with Gasteiger partial charge in [-0.2, -0.15) is 13.2 Å². The number of nitrogens with zero attached hydrogens (tertiary/aromatic N) is 2. The molecule has 6 nitrogen and oxygen atoms in total. The van der Waals surface area contributed by atoms with E-state index in [9.17, 15) is 27.4 Å². The normalized spacial score (nSPS) is 19.1. The molecule has 2 heterocycles. The van der Waals surface area contributed by atoms with Crippen LogP contribution in [0.25, 0.3) is 22.4 Å². The Kier molecular flexibility index (Phi) is 5.37. The maximum atomic E-state index is 12.9. The first-order valence-electron chi connectivity index (χ1n) is 9.32. The Morgan fingerprint density at radius 1 is 1.13 bits per heavy atom. The summed E-state index contributed by atoms with van der Waals surface area (Å²) in [7, 11) is -1.63. The average molecular weight is 437 g/mol. The van der Waals surface area contributed by atoms with Crippen molar-refractivity contribution in [2.75, 3.05) is 6.54 Å². The molecule has 1 saturated heterocycles. The number of hydrogen-bond donors (Lipinski definition) is 2. The molecule has 4 rings (SSSR count). The van der Waals surface area contributed by atoms with Gasteiger partial charge in [-0.15, -0.1) is 0 Å². The number of alkyl halides is 3. The molecule has 158 valence electrons. The van der Waals surface area contributed by atoms with Crippen LogP contribution >= 0.6 is 0 Å². The second-order valence-corrected chi connectivity index (χ2v) is 8.72. The molecular weight excluding hydrogens is 419 g/mol. The molecule has 0 spiro atoms. The third-order valence-electron chi connectivity index (χ3n) is 5.04. The first kappa shape index (κ1) is 20.5. The molecule has 1 aromatic heterocycles. The van der Waals surface area contributed by atoms with Crippen LogP contribution in [0, 0.1) is 0 Å². The Balaban J connectivity index is 1.59. The average Bonchev–Trinajstić information content (AvgIpc) is 3.08. The smallest absolute Gasteiger partial charge is 0.338 e. The van der Waals surface area contributed by atoms with Gasteiger partial charge < -0.3 is 4.98 Å². The number of hydrogen-bond acceptors (Lipinski definition) is 4. The molecule has 2 aromatic carbocycles. The van der Waals surface area contributed by atoms with Crippen molar-refractivity contribution >= 4 is 27.7 Å². The topological polar surface area (TPSA) is 86.3 Å². The molecule has 2 N–H and O–H groups in total. The maximum Gasteiger partial charge on any atom is 0.416 e. The number of halogens is 3. The minimum atomic E-state index is -4.44. The van der Waals surface area contributed by atoms with Crippen molar-refractivity contribution in [1.82, 2.24) is 15.0 Å². The number of hydroxylamine groups is 2. The number of aromatic amines is 1. The Morgan fingerprint density at radius 2 is 1.87 bits per heavy atom. The van der Waals surface area contributed by atoms with Gasteiger partial charge in [-0.3, -0.25) is 14.2 Å². The number of aromatic nitrogens is 2. The highest BCUT2D eigenvalue weighted by Crippen LogP contribution is 2.32. The van der Waals surface area contributed by atoms with Crippen molar-refractivity contribution in [1.29, 1.82) is 0 Å². The fourth-order valence-electron chi connectivity index (χ4n) is 3.42. The van der Waals surface area contributed by atoms with Crippen LogP contribution in [0.2, 0.25) is 0 Å². The zero-order valence-corrected chi connectivity index (χ0v) is 16.5. The first-order chi connectivity index (χ1) is 14.2. The summed E-state index contributed by atoms with van der Waals surface area (Å²) in [6.45, 7) is 0.230. The van der Waals surface area contributed by atoms with Crippen molar-refractivity contribution in [2.45, 2.75) is 35.6 Å². The van der Waals surface area contributed by atoms with Gasteiger partial charge in [0.15, 0.2) is 0 Å². The number of nitrogens with one attached hydrogen (secondary N) is 1. The minimum Gasteiger partial charge on any atom is -0.338 e. The summed E-state index contributed by atoms with van der Waals surface area (Å²) in [5.41, 5.74) is 0.510. The summed E-state index contributed by atoms with van der Waals surface area (Å²) in [4.78, 5) is 19.9. The van der Waals surface area contributed by atoms with Crippen molar-refractivity contribution in [3.63, 3.8) is 0 Å². The van der Waals surface area contributed by atoms with E-state index in [1.54, 1.807) is 24.3 Å². The van der Waals surface area contributed by atoms with Gasteiger partial charge in [-0.1, -0.05) is 12.1 Å². The Morgan fingerprint density at radius 3 is 2.57 bits per heavy atom. The molecule has 0 aliphatic carbocycles. The standard InChI is InChI=1S/C20H18F3N3O3S/c21-20(22,23)13-6-9-15-16(11-13)25-18(24-15)12-4-7-14(8-5-12)30(29)17-3-1-2-10-26(28)19(17)27/h4-9,11,17,28H,1-3,10H2,(H,24,25). The molecule has 1 aliphatic rings. The monoisotopic (exact) mass is 437 g/mol. The summed E-state index contributed by atoms with van der Waals surface area (Å²) in [5.74, 6) is -0.165.